The quantitative estimate of drug-likeness (QED) is 0.685. The maximum absolute atomic E-state index is 12.0. The molecule has 1 fully saturated rings. The molecular formula is C13H24N2O3. The van der Waals surface area contributed by atoms with Crippen molar-refractivity contribution >= 4 is 5.91 Å². The standard InChI is InChI=1S/C13H24N2O3/c1-4-9-18-12(3)13(17)15-7-5-14(6-8-15)10-11(2)16/h4,11-12,16H,1,5-10H2,2-3H3/t11-,12-/m1/s1. The van der Waals surface area contributed by atoms with E-state index in [9.17, 15) is 9.90 Å². The highest BCUT2D eigenvalue weighted by Gasteiger charge is 2.25. The smallest absolute Gasteiger partial charge is 0.251 e. The van der Waals surface area contributed by atoms with Gasteiger partial charge in [0, 0.05) is 32.7 Å². The number of piperazine rings is 1. The molecule has 0 bridgehead atoms. The fraction of sp³-hybridized carbons (Fsp3) is 0.769. The fourth-order valence-electron chi connectivity index (χ4n) is 2.07. The molecule has 5 nitrogen and oxygen atoms in total. The minimum atomic E-state index is -0.411. The summed E-state index contributed by atoms with van der Waals surface area (Å²) in [6.45, 7) is 11.2. The van der Waals surface area contributed by atoms with E-state index in [1.54, 1.807) is 19.9 Å². The normalized spacial score (nSPS) is 20.5. The van der Waals surface area contributed by atoms with E-state index in [0.29, 0.717) is 26.2 Å². The summed E-state index contributed by atoms with van der Waals surface area (Å²) in [5.41, 5.74) is 0. The van der Waals surface area contributed by atoms with Crippen LogP contribution >= 0.6 is 0 Å². The Hall–Kier alpha value is -0.910. The molecule has 1 aliphatic heterocycles. The summed E-state index contributed by atoms with van der Waals surface area (Å²) < 4.78 is 5.33. The van der Waals surface area contributed by atoms with Crippen molar-refractivity contribution in [3.05, 3.63) is 12.7 Å². The lowest BCUT2D eigenvalue weighted by molar-refractivity contribution is -0.143. The Labute approximate surface area is 109 Å². The second-order valence-electron chi connectivity index (χ2n) is 4.74. The molecule has 0 aliphatic carbocycles. The number of aliphatic hydroxyl groups is 1. The van der Waals surface area contributed by atoms with Gasteiger partial charge in [0.25, 0.3) is 5.91 Å². The summed E-state index contributed by atoms with van der Waals surface area (Å²) >= 11 is 0. The zero-order chi connectivity index (χ0) is 13.5. The summed E-state index contributed by atoms with van der Waals surface area (Å²) in [6.07, 6.45) is 0.915. The number of ether oxygens (including phenoxy) is 1. The Morgan fingerprint density at radius 3 is 2.50 bits per heavy atom. The van der Waals surface area contributed by atoms with Crippen LogP contribution in [0.2, 0.25) is 0 Å². The van der Waals surface area contributed by atoms with Gasteiger partial charge in [-0.15, -0.1) is 6.58 Å². The van der Waals surface area contributed by atoms with Gasteiger partial charge in [-0.1, -0.05) is 6.08 Å². The number of hydrogen-bond acceptors (Lipinski definition) is 4. The van der Waals surface area contributed by atoms with Crippen molar-refractivity contribution in [3.8, 4) is 0 Å². The van der Waals surface area contributed by atoms with Gasteiger partial charge in [-0.05, 0) is 13.8 Å². The van der Waals surface area contributed by atoms with Crippen LogP contribution in [0.25, 0.3) is 0 Å². The number of carbonyl (C=O) groups is 1. The molecular weight excluding hydrogens is 232 g/mol. The molecule has 0 aromatic carbocycles. The molecule has 0 aromatic rings. The van der Waals surface area contributed by atoms with E-state index in [1.807, 2.05) is 4.90 Å². The van der Waals surface area contributed by atoms with Crippen molar-refractivity contribution in [2.75, 3.05) is 39.3 Å². The van der Waals surface area contributed by atoms with E-state index in [4.69, 9.17) is 4.74 Å². The van der Waals surface area contributed by atoms with Crippen molar-refractivity contribution < 1.29 is 14.6 Å². The molecule has 1 amide bonds. The third kappa shape index (κ3) is 4.76. The minimum absolute atomic E-state index is 0.0357. The number of β-amino-alcohol motifs (C(OH)–C–C–N with tert-alkyl or cyclic N) is 1. The van der Waals surface area contributed by atoms with Crippen molar-refractivity contribution in [1.82, 2.24) is 9.80 Å². The number of nitrogens with zero attached hydrogens (tertiary/aromatic N) is 2. The molecule has 104 valence electrons. The molecule has 18 heavy (non-hydrogen) atoms. The van der Waals surface area contributed by atoms with Crippen LogP contribution in [0.5, 0.6) is 0 Å². The first-order chi connectivity index (χ1) is 8.54. The predicted molar refractivity (Wildman–Crippen MR) is 70.3 cm³/mol. The molecule has 1 aliphatic rings. The van der Waals surface area contributed by atoms with Crippen molar-refractivity contribution in [1.29, 1.82) is 0 Å². The van der Waals surface area contributed by atoms with E-state index in [-0.39, 0.29) is 12.0 Å². The van der Waals surface area contributed by atoms with Crippen LogP contribution in [0.3, 0.4) is 0 Å². The first-order valence-electron chi connectivity index (χ1n) is 6.46. The van der Waals surface area contributed by atoms with Gasteiger partial charge < -0.3 is 14.7 Å². The third-order valence-corrected chi connectivity index (χ3v) is 3.02. The van der Waals surface area contributed by atoms with Crippen molar-refractivity contribution in [2.24, 2.45) is 0 Å². The molecule has 5 heteroatoms. The van der Waals surface area contributed by atoms with Crippen LogP contribution in [0, 0.1) is 0 Å². The first-order valence-corrected chi connectivity index (χ1v) is 6.46. The van der Waals surface area contributed by atoms with Gasteiger partial charge in [-0.25, -0.2) is 0 Å². The molecule has 1 N–H and O–H groups in total. The molecule has 0 unspecified atom stereocenters. The lowest BCUT2D eigenvalue weighted by atomic mass is 10.2. The molecule has 0 saturated carbocycles. The second kappa shape index (κ2) is 7.51. The number of hydrogen-bond donors (Lipinski definition) is 1. The Balaban J connectivity index is 2.33. The van der Waals surface area contributed by atoms with Crippen LogP contribution < -0.4 is 0 Å². The average Bonchev–Trinajstić information content (AvgIpc) is 2.35. The molecule has 1 rings (SSSR count). The van der Waals surface area contributed by atoms with Gasteiger partial charge in [0.2, 0.25) is 0 Å². The SMILES string of the molecule is C=CCO[C@H](C)C(=O)N1CCN(C[C@@H](C)O)CC1. The second-order valence-corrected chi connectivity index (χ2v) is 4.74. The minimum Gasteiger partial charge on any atom is -0.392 e. The maximum Gasteiger partial charge on any atom is 0.251 e. The van der Waals surface area contributed by atoms with Crippen LogP contribution in [-0.4, -0.2) is 72.4 Å². The van der Waals surface area contributed by atoms with Crippen molar-refractivity contribution in [2.45, 2.75) is 26.1 Å². The average molecular weight is 256 g/mol. The van der Waals surface area contributed by atoms with E-state index in [1.165, 1.54) is 0 Å². The summed E-state index contributed by atoms with van der Waals surface area (Å²) in [4.78, 5) is 16.0. The van der Waals surface area contributed by atoms with Gasteiger partial charge in [0.15, 0.2) is 0 Å². The monoisotopic (exact) mass is 256 g/mol. The highest BCUT2D eigenvalue weighted by atomic mass is 16.5. The summed E-state index contributed by atoms with van der Waals surface area (Å²) in [5, 5.41) is 9.31. The topological polar surface area (TPSA) is 53.0 Å². The third-order valence-electron chi connectivity index (χ3n) is 3.02. The highest BCUT2D eigenvalue weighted by molar-refractivity contribution is 5.80. The van der Waals surface area contributed by atoms with Crippen LogP contribution in [0.4, 0.5) is 0 Å². The van der Waals surface area contributed by atoms with Gasteiger partial charge >= 0.3 is 0 Å². The van der Waals surface area contributed by atoms with E-state index in [2.05, 4.69) is 11.5 Å². The van der Waals surface area contributed by atoms with Gasteiger partial charge in [0.05, 0.1) is 12.7 Å². The summed E-state index contributed by atoms with van der Waals surface area (Å²) in [5.74, 6) is 0.0357. The number of rotatable bonds is 6. The largest absolute Gasteiger partial charge is 0.392 e. The van der Waals surface area contributed by atoms with Crippen LogP contribution in [-0.2, 0) is 9.53 Å². The maximum atomic E-state index is 12.0. The molecule has 0 aromatic heterocycles. The Morgan fingerprint density at radius 2 is 2.00 bits per heavy atom. The van der Waals surface area contributed by atoms with Crippen LogP contribution in [0.1, 0.15) is 13.8 Å². The molecule has 0 radical (unpaired) electrons. The Morgan fingerprint density at radius 1 is 1.39 bits per heavy atom. The molecule has 0 spiro atoms. The van der Waals surface area contributed by atoms with E-state index >= 15 is 0 Å². The lowest BCUT2D eigenvalue weighted by Crippen LogP contribution is -2.52. The fourth-order valence-corrected chi connectivity index (χ4v) is 2.07. The van der Waals surface area contributed by atoms with Gasteiger partial charge in [-0.3, -0.25) is 9.69 Å². The zero-order valence-electron chi connectivity index (χ0n) is 11.3. The predicted octanol–water partition coefficient (Wildman–Crippen LogP) is 0.103. The number of aliphatic hydroxyl groups excluding tert-OH is 1. The first kappa shape index (κ1) is 15.1. The number of amides is 1. The van der Waals surface area contributed by atoms with Crippen LogP contribution in [0.15, 0.2) is 12.7 Å². The molecule has 1 saturated heterocycles. The zero-order valence-corrected chi connectivity index (χ0v) is 11.3. The summed E-state index contributed by atoms with van der Waals surface area (Å²) in [6, 6.07) is 0. The highest BCUT2D eigenvalue weighted by Crippen LogP contribution is 2.06. The van der Waals surface area contributed by atoms with E-state index < -0.39 is 6.10 Å². The summed E-state index contributed by atoms with van der Waals surface area (Å²) in [7, 11) is 0. The number of carbonyl (C=O) groups excluding carboxylic acids is 1. The van der Waals surface area contributed by atoms with Gasteiger partial charge in [0.1, 0.15) is 6.10 Å². The van der Waals surface area contributed by atoms with E-state index in [0.717, 1.165) is 13.1 Å². The Bertz CT molecular complexity index is 273. The molecule has 1 heterocycles. The Kier molecular flexibility index (Phi) is 6.32. The van der Waals surface area contributed by atoms with Crippen molar-refractivity contribution in [3.63, 3.8) is 0 Å². The van der Waals surface area contributed by atoms with Gasteiger partial charge in [-0.2, -0.15) is 0 Å². The lowest BCUT2D eigenvalue weighted by Gasteiger charge is -2.36. The molecule has 2 atom stereocenters.